The maximum absolute atomic E-state index is 5.32. The van der Waals surface area contributed by atoms with Crippen LogP contribution in [0.1, 0.15) is 41.9 Å². The maximum Gasteiger partial charge on any atom is 0.164 e. The van der Waals surface area contributed by atoms with Crippen molar-refractivity contribution in [1.29, 1.82) is 0 Å². The Morgan fingerprint density at radius 2 is 0.903 bits per heavy atom. The van der Waals surface area contributed by atoms with Gasteiger partial charge in [-0.05, 0) is 97.5 Å². The van der Waals surface area contributed by atoms with E-state index in [1.165, 1.54) is 50.1 Å². The first-order valence-electron chi connectivity index (χ1n) is 21.5. The van der Waals surface area contributed by atoms with Gasteiger partial charge in [-0.2, -0.15) is 0 Å². The zero-order valence-electron chi connectivity index (χ0n) is 34.7. The molecular weight excluding hydrogens is 751 g/mol. The third kappa shape index (κ3) is 6.08. The molecule has 3 aliphatic carbocycles. The van der Waals surface area contributed by atoms with Gasteiger partial charge in [0.2, 0.25) is 0 Å². The van der Waals surface area contributed by atoms with Crippen LogP contribution in [0.15, 0.2) is 230 Å². The van der Waals surface area contributed by atoms with Gasteiger partial charge in [-0.3, -0.25) is 0 Å². The van der Waals surface area contributed by atoms with E-state index in [0.717, 1.165) is 39.0 Å². The second-order valence-corrected chi connectivity index (χ2v) is 16.3. The van der Waals surface area contributed by atoms with Crippen LogP contribution in [-0.4, -0.2) is 15.0 Å². The molecule has 3 nitrogen and oxygen atoms in total. The Morgan fingerprint density at radius 3 is 1.45 bits per heavy atom. The molecule has 0 saturated heterocycles. The average molecular weight is 794 g/mol. The van der Waals surface area contributed by atoms with E-state index in [4.69, 9.17) is 15.0 Å². The van der Waals surface area contributed by atoms with Crippen molar-refractivity contribution in [1.82, 2.24) is 15.0 Å². The van der Waals surface area contributed by atoms with Gasteiger partial charge in [-0.15, -0.1) is 0 Å². The van der Waals surface area contributed by atoms with Crippen LogP contribution in [0.4, 0.5) is 0 Å². The topological polar surface area (TPSA) is 38.7 Å². The molecule has 0 bridgehead atoms. The molecule has 1 unspecified atom stereocenters. The Bertz CT molecular complexity index is 3080. The van der Waals surface area contributed by atoms with Crippen molar-refractivity contribution in [3.05, 3.63) is 258 Å². The molecule has 0 N–H and O–H groups in total. The van der Waals surface area contributed by atoms with Crippen LogP contribution in [0.3, 0.4) is 0 Å². The lowest BCUT2D eigenvalue weighted by Crippen LogP contribution is -2.28. The Hall–Kier alpha value is -7.75. The Kier molecular flexibility index (Phi) is 9.24. The van der Waals surface area contributed by atoms with Crippen molar-refractivity contribution in [3.63, 3.8) is 0 Å². The van der Waals surface area contributed by atoms with Gasteiger partial charge in [0, 0.05) is 22.6 Å². The molecule has 1 aromatic heterocycles. The normalized spacial score (nSPS) is 17.6. The molecule has 0 fully saturated rings. The van der Waals surface area contributed by atoms with E-state index in [1.807, 2.05) is 18.2 Å². The minimum atomic E-state index is -0.475. The smallest absolute Gasteiger partial charge is 0.164 e. The minimum absolute atomic E-state index is 0.0385. The summed E-state index contributed by atoms with van der Waals surface area (Å²) in [4.78, 5) is 15.7. The Labute approximate surface area is 363 Å². The van der Waals surface area contributed by atoms with Crippen molar-refractivity contribution >= 4 is 11.1 Å². The van der Waals surface area contributed by atoms with Gasteiger partial charge < -0.3 is 0 Å². The van der Waals surface area contributed by atoms with E-state index in [1.54, 1.807) is 0 Å². The van der Waals surface area contributed by atoms with Crippen molar-refractivity contribution < 1.29 is 0 Å². The molecule has 1 atom stereocenters. The molecule has 62 heavy (non-hydrogen) atoms. The Morgan fingerprint density at radius 1 is 0.452 bits per heavy atom. The van der Waals surface area contributed by atoms with E-state index in [0.29, 0.717) is 17.5 Å². The molecule has 3 heteroatoms. The highest BCUT2D eigenvalue weighted by atomic mass is 15.0. The fourth-order valence-corrected chi connectivity index (χ4v) is 9.96. The summed E-state index contributed by atoms with van der Waals surface area (Å²) in [5.41, 5.74) is 18.6. The fourth-order valence-electron chi connectivity index (χ4n) is 9.96. The Balaban J connectivity index is 1.10. The number of hydrogen-bond donors (Lipinski definition) is 0. The van der Waals surface area contributed by atoms with Crippen LogP contribution in [0, 0.1) is 5.92 Å². The molecule has 0 saturated carbocycles. The van der Waals surface area contributed by atoms with Gasteiger partial charge in [0.1, 0.15) is 0 Å². The third-order valence-electron chi connectivity index (χ3n) is 12.7. The number of benzene rings is 7. The van der Waals surface area contributed by atoms with Crippen LogP contribution in [0.2, 0.25) is 0 Å². The number of allylic oxidation sites excluding steroid dienone is 10. The van der Waals surface area contributed by atoms with Gasteiger partial charge in [-0.25, -0.2) is 15.0 Å². The van der Waals surface area contributed by atoms with E-state index in [2.05, 4.69) is 214 Å². The average Bonchev–Trinajstić information content (AvgIpc) is 3.80. The van der Waals surface area contributed by atoms with E-state index < -0.39 is 5.41 Å². The number of hydrogen-bond acceptors (Lipinski definition) is 3. The van der Waals surface area contributed by atoms with Crippen molar-refractivity contribution in [2.75, 3.05) is 0 Å². The third-order valence-corrected chi connectivity index (χ3v) is 12.7. The summed E-state index contributed by atoms with van der Waals surface area (Å²) in [6.45, 7) is 4.41. The predicted molar refractivity (Wildman–Crippen MR) is 256 cm³/mol. The number of fused-ring (bicyclic) bond motifs is 7. The molecule has 0 amide bonds. The van der Waals surface area contributed by atoms with E-state index in [-0.39, 0.29) is 5.92 Å². The van der Waals surface area contributed by atoms with Gasteiger partial charge in [-0.1, -0.05) is 207 Å². The molecule has 11 rings (SSSR count). The monoisotopic (exact) mass is 793 g/mol. The fraction of sp³-hybridized carbons (Fsp3) is 0.0678. The van der Waals surface area contributed by atoms with E-state index in [9.17, 15) is 0 Å². The summed E-state index contributed by atoms with van der Waals surface area (Å²) in [5.74, 6) is 1.97. The lowest BCUT2D eigenvalue weighted by Gasteiger charge is -2.34. The standard InChI is InChI=1S/C59H43N3/c1-3-4-26-51-50-29-16-19-32-54(50)59(52-30-17-14-27-48(52)49-28-15-18-31-53(49)59)55(51)47-34-33-43(35-39(47)2)57-60-56(42-24-12-7-13-25-42)61-58(62-57)46-37-44(40-20-8-5-9-21-40)36-45(38-46)41-22-10-6-11-23-41/h3-39H,1-2H3/b4-3-,51-26-,55-47+. The van der Waals surface area contributed by atoms with Crippen molar-refractivity contribution in [2.45, 2.75) is 19.3 Å². The molecule has 3 aliphatic rings. The zero-order chi connectivity index (χ0) is 41.6. The molecule has 0 aliphatic heterocycles. The minimum Gasteiger partial charge on any atom is -0.208 e. The molecule has 7 aromatic carbocycles. The van der Waals surface area contributed by atoms with Crippen LogP contribution >= 0.6 is 0 Å². The summed E-state index contributed by atoms with van der Waals surface area (Å²) in [5, 5.41) is 0. The lowest BCUT2D eigenvalue weighted by atomic mass is 9.67. The molecule has 0 radical (unpaired) electrons. The number of rotatable bonds is 6. The van der Waals surface area contributed by atoms with Gasteiger partial charge in [0.25, 0.3) is 0 Å². The highest BCUT2D eigenvalue weighted by Gasteiger charge is 2.54. The lowest BCUT2D eigenvalue weighted by molar-refractivity contribution is 0.758. The molecule has 1 spiro atoms. The van der Waals surface area contributed by atoms with Crippen molar-refractivity contribution in [2.24, 2.45) is 5.92 Å². The maximum atomic E-state index is 5.32. The second-order valence-electron chi connectivity index (χ2n) is 16.3. The first-order chi connectivity index (χ1) is 30.6. The van der Waals surface area contributed by atoms with Crippen LogP contribution in [0.25, 0.3) is 67.3 Å². The SMILES string of the molecule is C\C=C/C=C1\C(=C2\C=CC(c3nc(-c4ccccc4)nc(-c4cc(-c5ccccc5)cc(-c5ccccc5)c4)n3)=CC2C)C2(c3ccccc31)c1ccccc1-c1ccccc12. The van der Waals surface area contributed by atoms with Gasteiger partial charge in [0.05, 0.1) is 5.41 Å². The van der Waals surface area contributed by atoms with E-state index >= 15 is 0 Å². The van der Waals surface area contributed by atoms with Crippen LogP contribution in [0.5, 0.6) is 0 Å². The summed E-state index contributed by atoms with van der Waals surface area (Å²) in [6.07, 6.45) is 13.5. The second kappa shape index (κ2) is 15.4. The molecule has 1 heterocycles. The van der Waals surface area contributed by atoms with Crippen LogP contribution in [-0.2, 0) is 5.41 Å². The largest absolute Gasteiger partial charge is 0.208 e. The van der Waals surface area contributed by atoms with Crippen LogP contribution < -0.4 is 0 Å². The summed E-state index contributed by atoms with van der Waals surface area (Å²) in [7, 11) is 0. The van der Waals surface area contributed by atoms with Gasteiger partial charge in [0.15, 0.2) is 17.5 Å². The summed E-state index contributed by atoms with van der Waals surface area (Å²) < 4.78 is 0. The zero-order valence-corrected chi connectivity index (χ0v) is 34.7. The quantitative estimate of drug-likeness (QED) is 0.168. The summed E-state index contributed by atoms with van der Waals surface area (Å²) >= 11 is 0. The molecule has 294 valence electrons. The first-order valence-corrected chi connectivity index (χ1v) is 21.5. The highest BCUT2D eigenvalue weighted by molar-refractivity contribution is 6.01. The predicted octanol–water partition coefficient (Wildman–Crippen LogP) is 14.4. The highest BCUT2D eigenvalue weighted by Crippen LogP contribution is 2.65. The molecule has 8 aromatic rings. The number of nitrogens with zero attached hydrogens (tertiary/aromatic N) is 3. The van der Waals surface area contributed by atoms with Gasteiger partial charge >= 0.3 is 0 Å². The first kappa shape index (κ1) is 37.3. The summed E-state index contributed by atoms with van der Waals surface area (Å²) in [6, 6.07) is 65.0. The van der Waals surface area contributed by atoms with Crippen molar-refractivity contribution in [3.8, 4) is 56.2 Å². The molecular formula is C59H43N3. The number of aromatic nitrogens is 3.